The van der Waals surface area contributed by atoms with Crippen LogP contribution in [-0.4, -0.2) is 41.4 Å². The Morgan fingerprint density at radius 3 is 2.78 bits per heavy atom. The van der Waals surface area contributed by atoms with E-state index in [2.05, 4.69) is 22.8 Å². The molecule has 2 heterocycles. The quantitative estimate of drug-likeness (QED) is 0.796. The van der Waals surface area contributed by atoms with Crippen molar-refractivity contribution in [3.05, 3.63) is 22.4 Å². The van der Waals surface area contributed by atoms with E-state index < -0.39 is 0 Å². The third-order valence-corrected chi connectivity index (χ3v) is 6.79. The van der Waals surface area contributed by atoms with E-state index in [1.807, 2.05) is 6.26 Å². The molecule has 0 bridgehead atoms. The van der Waals surface area contributed by atoms with E-state index >= 15 is 0 Å². The average Bonchev–Trinajstić information content (AvgIpc) is 3.19. The summed E-state index contributed by atoms with van der Waals surface area (Å²) in [6, 6.07) is 3.70. The summed E-state index contributed by atoms with van der Waals surface area (Å²) >= 11 is 3.46. The van der Waals surface area contributed by atoms with Gasteiger partial charge in [0.15, 0.2) is 0 Å². The topological polar surface area (TPSA) is 49.4 Å². The van der Waals surface area contributed by atoms with Crippen molar-refractivity contribution in [1.29, 1.82) is 0 Å². The van der Waals surface area contributed by atoms with Gasteiger partial charge in [0.25, 0.3) is 5.91 Å². The Labute approximate surface area is 146 Å². The molecule has 2 aliphatic rings. The summed E-state index contributed by atoms with van der Waals surface area (Å²) in [6.07, 6.45) is 8.49. The molecule has 23 heavy (non-hydrogen) atoms. The second-order valence-corrected chi connectivity index (χ2v) is 8.46. The van der Waals surface area contributed by atoms with Crippen LogP contribution in [0.1, 0.15) is 43.4 Å². The first kappa shape index (κ1) is 16.8. The number of nitrogens with one attached hydrogen (secondary N) is 1. The minimum atomic E-state index is -0.334. The third kappa shape index (κ3) is 3.43. The number of carbonyl (C=O) groups excluding carboxylic acids is 2. The molecular weight excluding hydrogens is 328 g/mol. The highest BCUT2D eigenvalue weighted by Crippen LogP contribution is 2.42. The number of hydrogen-bond acceptors (Lipinski definition) is 4. The first-order valence-electron chi connectivity index (χ1n) is 8.31. The molecule has 1 saturated heterocycles. The Bertz CT molecular complexity index is 553. The summed E-state index contributed by atoms with van der Waals surface area (Å²) in [5.74, 6) is 0.853. The van der Waals surface area contributed by atoms with Crippen molar-refractivity contribution in [2.75, 3.05) is 18.6 Å². The molecule has 1 aromatic heterocycles. The maximum absolute atomic E-state index is 12.6. The fourth-order valence-corrected chi connectivity index (χ4v) is 5.20. The molecule has 3 amide bonds. The molecule has 1 aliphatic heterocycles. The molecule has 0 unspecified atom stereocenters. The van der Waals surface area contributed by atoms with E-state index in [9.17, 15) is 9.59 Å². The van der Waals surface area contributed by atoms with E-state index in [0.29, 0.717) is 13.0 Å². The van der Waals surface area contributed by atoms with Crippen LogP contribution in [0.25, 0.3) is 0 Å². The molecule has 6 heteroatoms. The van der Waals surface area contributed by atoms with E-state index in [0.717, 1.165) is 18.6 Å². The highest BCUT2D eigenvalue weighted by atomic mass is 32.2. The minimum Gasteiger partial charge on any atom is -0.326 e. The largest absolute Gasteiger partial charge is 0.326 e. The number of nitrogens with zero attached hydrogens (tertiary/aromatic N) is 1. The molecule has 0 spiro atoms. The Hall–Kier alpha value is -1.01. The normalized spacial score (nSPS) is 24.0. The monoisotopic (exact) mass is 352 g/mol. The molecule has 1 aromatic rings. The number of imide groups is 1. The van der Waals surface area contributed by atoms with Crippen LogP contribution < -0.4 is 5.32 Å². The summed E-state index contributed by atoms with van der Waals surface area (Å²) in [7, 11) is 0. The fourth-order valence-electron chi connectivity index (χ4n) is 3.75. The molecule has 0 aromatic carbocycles. The van der Waals surface area contributed by atoms with Crippen molar-refractivity contribution in [2.24, 2.45) is 0 Å². The van der Waals surface area contributed by atoms with Gasteiger partial charge < -0.3 is 5.32 Å². The van der Waals surface area contributed by atoms with Gasteiger partial charge in [-0.15, -0.1) is 11.3 Å². The molecule has 1 saturated carbocycles. The lowest BCUT2D eigenvalue weighted by Crippen LogP contribution is -2.45. The van der Waals surface area contributed by atoms with Crippen LogP contribution in [0.3, 0.4) is 0 Å². The van der Waals surface area contributed by atoms with Gasteiger partial charge in [-0.25, -0.2) is 4.79 Å². The van der Waals surface area contributed by atoms with Crippen LogP contribution in [0.4, 0.5) is 4.79 Å². The standard InChI is InChI=1S/C17H24N2O2S2/c1-22-11-7-13-15(20)19(16(21)18-13)12-17(8-3-2-4-9-17)14-6-5-10-23-14/h5-6,10,13H,2-4,7-9,11-12H2,1H3,(H,18,21)/t13-/m0/s1. The molecular formula is C17H24N2O2S2. The number of amides is 3. The predicted octanol–water partition coefficient (Wildman–Crippen LogP) is 3.62. The summed E-state index contributed by atoms with van der Waals surface area (Å²) in [5.41, 5.74) is -0.0339. The molecule has 4 nitrogen and oxygen atoms in total. The highest BCUT2D eigenvalue weighted by Gasteiger charge is 2.44. The summed E-state index contributed by atoms with van der Waals surface area (Å²) in [4.78, 5) is 27.8. The Morgan fingerprint density at radius 2 is 2.13 bits per heavy atom. The van der Waals surface area contributed by atoms with Gasteiger partial charge >= 0.3 is 6.03 Å². The van der Waals surface area contributed by atoms with Gasteiger partial charge in [-0.1, -0.05) is 25.3 Å². The first-order chi connectivity index (χ1) is 11.2. The van der Waals surface area contributed by atoms with Crippen LogP contribution >= 0.6 is 23.1 Å². The zero-order chi connectivity index (χ0) is 16.3. The van der Waals surface area contributed by atoms with Gasteiger partial charge in [-0.3, -0.25) is 9.69 Å². The lowest BCUT2D eigenvalue weighted by Gasteiger charge is -2.38. The number of urea groups is 1. The first-order valence-corrected chi connectivity index (χ1v) is 10.6. The second-order valence-electron chi connectivity index (χ2n) is 6.53. The van der Waals surface area contributed by atoms with Crippen molar-refractivity contribution in [1.82, 2.24) is 10.2 Å². The molecule has 1 atom stereocenters. The highest BCUT2D eigenvalue weighted by molar-refractivity contribution is 7.98. The van der Waals surface area contributed by atoms with Crippen LogP contribution in [0, 0.1) is 0 Å². The van der Waals surface area contributed by atoms with Crippen molar-refractivity contribution in [2.45, 2.75) is 50.0 Å². The number of rotatable bonds is 6. The van der Waals surface area contributed by atoms with Crippen LogP contribution in [0.5, 0.6) is 0 Å². The molecule has 2 fully saturated rings. The Balaban J connectivity index is 1.78. The fraction of sp³-hybridized carbons (Fsp3) is 0.647. The van der Waals surface area contributed by atoms with Crippen molar-refractivity contribution < 1.29 is 9.59 Å². The summed E-state index contributed by atoms with van der Waals surface area (Å²) in [6.45, 7) is 0.536. The molecule has 3 rings (SSSR count). The average molecular weight is 353 g/mol. The summed E-state index contributed by atoms with van der Waals surface area (Å²) < 4.78 is 0. The van der Waals surface area contributed by atoms with Crippen LogP contribution in [-0.2, 0) is 10.2 Å². The molecule has 126 valence electrons. The molecule has 1 N–H and O–H groups in total. The Morgan fingerprint density at radius 1 is 1.35 bits per heavy atom. The third-order valence-electron chi connectivity index (χ3n) is 5.03. The maximum Gasteiger partial charge on any atom is 0.324 e. The van der Waals surface area contributed by atoms with E-state index in [-0.39, 0.29) is 23.4 Å². The smallest absolute Gasteiger partial charge is 0.324 e. The maximum atomic E-state index is 12.6. The van der Waals surface area contributed by atoms with Gasteiger partial charge in [0.05, 0.1) is 0 Å². The number of carbonyl (C=O) groups is 2. The van der Waals surface area contributed by atoms with Gasteiger partial charge in [0.1, 0.15) is 6.04 Å². The zero-order valence-corrected chi connectivity index (χ0v) is 15.2. The van der Waals surface area contributed by atoms with Crippen molar-refractivity contribution in [3.63, 3.8) is 0 Å². The SMILES string of the molecule is CSCC[C@@H]1NC(=O)N(CC2(c3cccs3)CCCCC2)C1=O. The van der Waals surface area contributed by atoms with Crippen molar-refractivity contribution >= 4 is 35.0 Å². The van der Waals surface area contributed by atoms with E-state index in [1.54, 1.807) is 23.1 Å². The Kier molecular flexibility index (Phi) is 5.31. The van der Waals surface area contributed by atoms with E-state index in [1.165, 1.54) is 29.0 Å². The predicted molar refractivity (Wildman–Crippen MR) is 96.1 cm³/mol. The second kappa shape index (κ2) is 7.26. The van der Waals surface area contributed by atoms with Gasteiger partial charge in [-0.05, 0) is 42.7 Å². The van der Waals surface area contributed by atoms with Crippen LogP contribution in [0.2, 0.25) is 0 Å². The molecule has 0 radical (unpaired) electrons. The number of thioether (sulfide) groups is 1. The molecule has 1 aliphatic carbocycles. The minimum absolute atomic E-state index is 0.0339. The van der Waals surface area contributed by atoms with Gasteiger partial charge in [-0.2, -0.15) is 11.8 Å². The van der Waals surface area contributed by atoms with Gasteiger partial charge in [0, 0.05) is 16.8 Å². The van der Waals surface area contributed by atoms with Crippen molar-refractivity contribution in [3.8, 4) is 0 Å². The lowest BCUT2D eigenvalue weighted by atomic mass is 9.72. The number of thiophene rings is 1. The van der Waals surface area contributed by atoms with E-state index in [4.69, 9.17) is 0 Å². The number of hydrogen-bond donors (Lipinski definition) is 1. The van der Waals surface area contributed by atoms with Crippen LogP contribution in [0.15, 0.2) is 17.5 Å². The summed E-state index contributed by atoms with van der Waals surface area (Å²) in [5, 5.41) is 4.96. The zero-order valence-electron chi connectivity index (χ0n) is 13.5. The van der Waals surface area contributed by atoms with Gasteiger partial charge in [0.2, 0.25) is 0 Å². The lowest BCUT2D eigenvalue weighted by molar-refractivity contribution is -0.128.